The van der Waals surface area contributed by atoms with Crippen molar-refractivity contribution in [3.05, 3.63) is 34.9 Å². The Morgan fingerprint density at radius 3 is 2.59 bits per heavy atom. The van der Waals surface area contributed by atoms with E-state index in [9.17, 15) is 9.59 Å². The van der Waals surface area contributed by atoms with Crippen LogP contribution in [-0.2, 0) is 14.3 Å². The fourth-order valence-electron chi connectivity index (χ4n) is 2.92. The summed E-state index contributed by atoms with van der Waals surface area (Å²) in [6.07, 6.45) is 0. The van der Waals surface area contributed by atoms with Crippen molar-refractivity contribution in [2.75, 3.05) is 31.9 Å². The van der Waals surface area contributed by atoms with Crippen molar-refractivity contribution in [1.82, 2.24) is 9.80 Å². The molecule has 22 heavy (non-hydrogen) atoms. The molecule has 0 bridgehead atoms. The van der Waals surface area contributed by atoms with Crippen LogP contribution in [0, 0.1) is 0 Å². The first-order valence-electron chi connectivity index (χ1n) is 7.05. The van der Waals surface area contributed by atoms with Gasteiger partial charge in [0.15, 0.2) is 0 Å². The highest BCUT2D eigenvalue weighted by Crippen LogP contribution is 2.40. The molecule has 0 saturated carbocycles. The van der Waals surface area contributed by atoms with Gasteiger partial charge in [-0.3, -0.25) is 9.59 Å². The number of halogens is 1. The van der Waals surface area contributed by atoms with Gasteiger partial charge in [0.1, 0.15) is 6.04 Å². The molecule has 7 heteroatoms. The molecule has 2 saturated heterocycles. The van der Waals surface area contributed by atoms with Crippen molar-refractivity contribution in [3.8, 4) is 0 Å². The van der Waals surface area contributed by atoms with Gasteiger partial charge in [0.05, 0.1) is 24.3 Å². The number of rotatable bonds is 5. The Hall–Kier alpha value is -1.24. The maximum atomic E-state index is 12.5. The molecule has 0 unspecified atom stereocenters. The summed E-state index contributed by atoms with van der Waals surface area (Å²) in [4.78, 5) is 27.9. The van der Waals surface area contributed by atoms with Gasteiger partial charge in [-0.1, -0.05) is 23.7 Å². The number of β-lactam (4-membered cyclic amide) rings is 1. The van der Waals surface area contributed by atoms with Crippen LogP contribution in [0.3, 0.4) is 0 Å². The molecule has 0 aliphatic carbocycles. The molecule has 2 fully saturated rings. The molecular formula is C15H17ClN2O3S. The molecule has 0 spiro atoms. The minimum atomic E-state index is -0.402. The Balaban J connectivity index is 1.86. The van der Waals surface area contributed by atoms with Crippen molar-refractivity contribution in [1.29, 1.82) is 0 Å². The largest absolute Gasteiger partial charge is 0.383 e. The number of hydrogen-bond donors (Lipinski definition) is 0. The van der Waals surface area contributed by atoms with E-state index in [1.165, 1.54) is 0 Å². The summed E-state index contributed by atoms with van der Waals surface area (Å²) < 4.78 is 5.08. The Morgan fingerprint density at radius 1 is 1.27 bits per heavy atom. The number of methoxy groups -OCH3 is 1. The molecule has 2 heterocycles. The van der Waals surface area contributed by atoms with Crippen LogP contribution in [0.2, 0.25) is 5.02 Å². The van der Waals surface area contributed by atoms with Gasteiger partial charge >= 0.3 is 0 Å². The topological polar surface area (TPSA) is 49.9 Å². The second-order valence-corrected chi connectivity index (χ2v) is 6.70. The van der Waals surface area contributed by atoms with Crippen molar-refractivity contribution in [2.45, 2.75) is 12.1 Å². The number of ether oxygens (including phenoxy) is 1. The van der Waals surface area contributed by atoms with Gasteiger partial charge in [-0.2, -0.15) is 0 Å². The number of likely N-dealkylation sites (tertiary alicyclic amines) is 1. The summed E-state index contributed by atoms with van der Waals surface area (Å²) in [5.74, 6) is 1.06. The number of amides is 2. The molecule has 1 aromatic carbocycles. The van der Waals surface area contributed by atoms with Crippen molar-refractivity contribution < 1.29 is 14.3 Å². The van der Waals surface area contributed by atoms with E-state index in [2.05, 4.69) is 0 Å². The second kappa shape index (κ2) is 6.48. The third kappa shape index (κ3) is 2.71. The SMILES string of the molecule is COCCN1C(=O)[C@H](N2CSCC2=O)[C@@H]1c1ccc(Cl)cc1. The normalized spacial score (nSPS) is 24.8. The monoisotopic (exact) mass is 340 g/mol. The standard InChI is InChI=1S/C15H17ClN2O3S/c1-21-7-6-17-13(10-2-4-11(16)5-3-10)14(15(17)20)18-9-22-8-12(18)19/h2-5,13-14H,6-9H2,1H3/t13-,14+/m0/s1. The second-order valence-electron chi connectivity index (χ2n) is 5.31. The molecule has 2 amide bonds. The van der Waals surface area contributed by atoms with E-state index in [4.69, 9.17) is 16.3 Å². The third-order valence-corrected chi connectivity index (χ3v) is 5.19. The van der Waals surface area contributed by atoms with E-state index in [1.807, 2.05) is 24.3 Å². The van der Waals surface area contributed by atoms with E-state index in [1.54, 1.807) is 28.7 Å². The lowest BCUT2D eigenvalue weighted by Gasteiger charge is -2.50. The van der Waals surface area contributed by atoms with Crippen LogP contribution >= 0.6 is 23.4 Å². The van der Waals surface area contributed by atoms with Crippen LogP contribution in [0.5, 0.6) is 0 Å². The van der Waals surface area contributed by atoms with E-state index >= 15 is 0 Å². The fraction of sp³-hybridized carbons (Fsp3) is 0.467. The average Bonchev–Trinajstić information content (AvgIpc) is 2.92. The molecule has 2 aliphatic heterocycles. The molecule has 3 rings (SSSR count). The Bertz CT molecular complexity index is 581. The first-order valence-corrected chi connectivity index (χ1v) is 8.59. The molecular weight excluding hydrogens is 324 g/mol. The molecule has 1 aromatic rings. The highest BCUT2D eigenvalue weighted by atomic mass is 35.5. The summed E-state index contributed by atoms with van der Waals surface area (Å²) in [5, 5.41) is 0.655. The lowest BCUT2D eigenvalue weighted by Crippen LogP contribution is -2.66. The highest BCUT2D eigenvalue weighted by molar-refractivity contribution is 8.00. The highest BCUT2D eigenvalue weighted by Gasteiger charge is 2.52. The van der Waals surface area contributed by atoms with Gasteiger partial charge in [-0.25, -0.2) is 0 Å². The Labute approximate surface area is 138 Å². The third-order valence-electron chi connectivity index (χ3n) is 4.03. The summed E-state index contributed by atoms with van der Waals surface area (Å²) in [6, 6.07) is 6.93. The predicted molar refractivity (Wildman–Crippen MR) is 85.7 cm³/mol. The minimum absolute atomic E-state index is 0.00662. The summed E-state index contributed by atoms with van der Waals surface area (Å²) in [6.45, 7) is 1.000. The lowest BCUT2D eigenvalue weighted by molar-refractivity contribution is -0.164. The zero-order chi connectivity index (χ0) is 15.7. The number of benzene rings is 1. The number of hydrogen-bond acceptors (Lipinski definition) is 4. The number of carbonyl (C=O) groups excluding carboxylic acids is 2. The zero-order valence-corrected chi connectivity index (χ0v) is 13.8. The number of carbonyl (C=O) groups is 2. The number of nitrogens with zero attached hydrogens (tertiary/aromatic N) is 2. The van der Waals surface area contributed by atoms with Crippen LogP contribution in [0.15, 0.2) is 24.3 Å². The Kier molecular flexibility index (Phi) is 4.61. The average molecular weight is 341 g/mol. The maximum Gasteiger partial charge on any atom is 0.248 e. The summed E-state index contributed by atoms with van der Waals surface area (Å²) in [5.41, 5.74) is 0.995. The fourth-order valence-corrected chi connectivity index (χ4v) is 3.98. The molecule has 0 radical (unpaired) electrons. The molecule has 0 aromatic heterocycles. The van der Waals surface area contributed by atoms with Crippen LogP contribution in [0.1, 0.15) is 11.6 Å². The summed E-state index contributed by atoms with van der Waals surface area (Å²) >= 11 is 7.49. The van der Waals surface area contributed by atoms with Crippen LogP contribution in [0.4, 0.5) is 0 Å². The molecule has 2 atom stereocenters. The first-order chi connectivity index (χ1) is 10.6. The van der Waals surface area contributed by atoms with Crippen molar-refractivity contribution in [2.24, 2.45) is 0 Å². The van der Waals surface area contributed by atoms with E-state index in [0.717, 1.165) is 5.56 Å². The maximum absolute atomic E-state index is 12.5. The van der Waals surface area contributed by atoms with Crippen molar-refractivity contribution in [3.63, 3.8) is 0 Å². The van der Waals surface area contributed by atoms with Crippen molar-refractivity contribution >= 4 is 35.2 Å². The van der Waals surface area contributed by atoms with Gasteiger partial charge < -0.3 is 14.5 Å². The van der Waals surface area contributed by atoms with E-state index < -0.39 is 6.04 Å². The van der Waals surface area contributed by atoms with E-state index in [-0.39, 0.29) is 17.9 Å². The van der Waals surface area contributed by atoms with Gasteiger partial charge in [0.2, 0.25) is 11.8 Å². The molecule has 118 valence electrons. The molecule has 0 N–H and O–H groups in total. The van der Waals surface area contributed by atoms with Gasteiger partial charge in [-0.05, 0) is 17.7 Å². The van der Waals surface area contributed by atoms with Gasteiger partial charge in [0, 0.05) is 18.7 Å². The smallest absolute Gasteiger partial charge is 0.248 e. The number of thioether (sulfide) groups is 1. The molecule has 2 aliphatic rings. The quantitative estimate of drug-likeness (QED) is 0.767. The first kappa shape index (κ1) is 15.6. The van der Waals surface area contributed by atoms with Crippen LogP contribution in [-0.4, -0.2) is 59.5 Å². The van der Waals surface area contributed by atoms with Crippen LogP contribution < -0.4 is 0 Å². The molecule has 5 nitrogen and oxygen atoms in total. The lowest BCUT2D eigenvalue weighted by atomic mass is 9.87. The minimum Gasteiger partial charge on any atom is -0.383 e. The Morgan fingerprint density at radius 2 is 2.00 bits per heavy atom. The van der Waals surface area contributed by atoms with Gasteiger partial charge in [-0.15, -0.1) is 11.8 Å². The van der Waals surface area contributed by atoms with Crippen LogP contribution in [0.25, 0.3) is 0 Å². The zero-order valence-electron chi connectivity index (χ0n) is 12.2. The van der Waals surface area contributed by atoms with Gasteiger partial charge in [0.25, 0.3) is 0 Å². The van der Waals surface area contributed by atoms with E-state index in [0.29, 0.717) is 29.8 Å². The predicted octanol–water partition coefficient (Wildman–Crippen LogP) is 1.77. The summed E-state index contributed by atoms with van der Waals surface area (Å²) in [7, 11) is 1.61.